The lowest BCUT2D eigenvalue weighted by Crippen LogP contribution is -2.25. The fraction of sp³-hybridized carbons (Fsp3) is 0.0690. The number of pyridine rings is 1. The number of aromatic nitrogens is 4. The van der Waals surface area contributed by atoms with Crippen LogP contribution in [0.25, 0.3) is 27.3 Å². The SMILES string of the molecule is Cc1c(C(=O)Nc2ccc(Oc3ccnc4[nH]c(-c5cccs5)cc34)c(F)c2)c(=O)n(-c2ccc(F)cc2)n1C. The topological polar surface area (TPSA) is 93.9 Å². The van der Waals surface area contributed by atoms with Crippen LogP contribution < -0.4 is 15.6 Å². The Balaban J connectivity index is 1.25. The van der Waals surface area contributed by atoms with E-state index in [2.05, 4.69) is 15.3 Å². The molecule has 0 aliphatic carbocycles. The minimum absolute atomic E-state index is 0.0427. The molecule has 0 aliphatic rings. The molecule has 0 fully saturated rings. The van der Waals surface area contributed by atoms with Crippen molar-refractivity contribution in [3.8, 4) is 27.8 Å². The van der Waals surface area contributed by atoms with Gasteiger partial charge >= 0.3 is 0 Å². The molecule has 8 nitrogen and oxygen atoms in total. The third-order valence-electron chi connectivity index (χ3n) is 6.54. The van der Waals surface area contributed by atoms with Gasteiger partial charge in [-0.25, -0.2) is 18.4 Å². The van der Waals surface area contributed by atoms with Crippen molar-refractivity contribution < 1.29 is 18.3 Å². The van der Waals surface area contributed by atoms with Crippen LogP contribution in [0, 0.1) is 18.6 Å². The first-order valence-corrected chi connectivity index (χ1v) is 13.0. The van der Waals surface area contributed by atoms with Crippen molar-refractivity contribution in [1.29, 1.82) is 0 Å². The molecular formula is C29H21F2N5O3S. The predicted molar refractivity (Wildman–Crippen MR) is 150 cm³/mol. The van der Waals surface area contributed by atoms with Crippen molar-refractivity contribution in [1.82, 2.24) is 19.3 Å². The number of thiophene rings is 1. The van der Waals surface area contributed by atoms with Gasteiger partial charge in [-0.05, 0) is 66.9 Å². The third-order valence-corrected chi connectivity index (χ3v) is 7.44. The van der Waals surface area contributed by atoms with Crippen LogP contribution in [0.1, 0.15) is 16.1 Å². The number of nitrogens with one attached hydrogen (secondary N) is 2. The highest BCUT2D eigenvalue weighted by molar-refractivity contribution is 7.13. The van der Waals surface area contributed by atoms with E-state index in [9.17, 15) is 14.0 Å². The standard InChI is InChI=1S/C29H21F2N5O3S/c1-16-26(29(38)36(35(16)2)19-8-5-17(30)6-9-19)28(37)33-18-7-10-24(21(31)14-18)39-23-11-12-32-27-20(23)15-22(34-27)25-4-3-13-40-25/h3-15H,1-2H3,(H,32,34)(H,33,37). The van der Waals surface area contributed by atoms with E-state index in [4.69, 9.17) is 4.74 Å². The average Bonchev–Trinajstić information content (AvgIpc) is 3.66. The van der Waals surface area contributed by atoms with Gasteiger partial charge in [0.15, 0.2) is 11.6 Å². The predicted octanol–water partition coefficient (Wildman–Crippen LogP) is 6.41. The summed E-state index contributed by atoms with van der Waals surface area (Å²) in [7, 11) is 1.62. The molecular weight excluding hydrogens is 536 g/mol. The van der Waals surface area contributed by atoms with Crippen molar-refractivity contribution in [2.24, 2.45) is 7.05 Å². The zero-order valence-electron chi connectivity index (χ0n) is 21.2. The number of fused-ring (bicyclic) bond motifs is 1. The van der Waals surface area contributed by atoms with Crippen LogP contribution in [0.4, 0.5) is 14.5 Å². The normalized spacial score (nSPS) is 11.2. The van der Waals surface area contributed by atoms with E-state index in [0.29, 0.717) is 28.2 Å². The number of nitrogens with zero attached hydrogens (tertiary/aromatic N) is 3. The number of amides is 1. The average molecular weight is 558 g/mol. The van der Waals surface area contributed by atoms with E-state index in [1.54, 1.807) is 37.6 Å². The maximum absolute atomic E-state index is 15.1. The van der Waals surface area contributed by atoms with Crippen molar-refractivity contribution in [3.05, 3.63) is 112 Å². The third kappa shape index (κ3) is 4.46. The molecule has 0 bridgehead atoms. The molecule has 11 heteroatoms. The maximum atomic E-state index is 15.1. The smallest absolute Gasteiger partial charge is 0.284 e. The zero-order valence-corrected chi connectivity index (χ0v) is 22.1. The van der Waals surface area contributed by atoms with E-state index >= 15 is 4.39 Å². The Labute approximate surface area is 230 Å². The number of halogens is 2. The molecule has 0 spiro atoms. The number of hydrogen-bond donors (Lipinski definition) is 2. The van der Waals surface area contributed by atoms with E-state index in [1.165, 1.54) is 45.8 Å². The summed E-state index contributed by atoms with van der Waals surface area (Å²) in [6, 6.07) is 16.8. The van der Waals surface area contributed by atoms with Crippen molar-refractivity contribution in [2.75, 3.05) is 5.32 Å². The molecule has 0 saturated heterocycles. The van der Waals surface area contributed by atoms with Crippen LogP contribution in [0.2, 0.25) is 0 Å². The fourth-order valence-corrected chi connectivity index (χ4v) is 5.17. The van der Waals surface area contributed by atoms with E-state index in [1.807, 2.05) is 23.6 Å². The Morgan fingerprint density at radius 3 is 2.58 bits per heavy atom. The summed E-state index contributed by atoms with van der Waals surface area (Å²) >= 11 is 1.58. The number of benzene rings is 2. The maximum Gasteiger partial charge on any atom is 0.284 e. The van der Waals surface area contributed by atoms with Crippen LogP contribution in [-0.2, 0) is 7.05 Å². The summed E-state index contributed by atoms with van der Waals surface area (Å²) in [6.07, 6.45) is 1.57. The van der Waals surface area contributed by atoms with Gasteiger partial charge in [-0.1, -0.05) is 6.07 Å². The largest absolute Gasteiger partial charge is 0.453 e. The van der Waals surface area contributed by atoms with Crippen LogP contribution in [0.15, 0.2) is 83.1 Å². The Morgan fingerprint density at radius 2 is 1.85 bits per heavy atom. The highest BCUT2D eigenvalue weighted by Gasteiger charge is 2.23. The molecule has 4 heterocycles. The Kier molecular flexibility index (Phi) is 6.27. The summed E-state index contributed by atoms with van der Waals surface area (Å²) in [4.78, 5) is 34.8. The Morgan fingerprint density at radius 1 is 1.05 bits per heavy atom. The highest BCUT2D eigenvalue weighted by atomic mass is 32.1. The number of carbonyl (C=O) groups is 1. The van der Waals surface area contributed by atoms with Gasteiger partial charge in [-0.2, -0.15) is 0 Å². The molecule has 2 aromatic carbocycles. The number of H-pyrrole nitrogens is 1. The van der Waals surface area contributed by atoms with E-state index < -0.39 is 23.1 Å². The molecule has 40 heavy (non-hydrogen) atoms. The van der Waals surface area contributed by atoms with Gasteiger partial charge in [-0.15, -0.1) is 11.3 Å². The van der Waals surface area contributed by atoms with Gasteiger partial charge in [-0.3, -0.25) is 14.3 Å². The lowest BCUT2D eigenvalue weighted by atomic mass is 10.2. The van der Waals surface area contributed by atoms with Crippen LogP contribution in [0.3, 0.4) is 0 Å². The number of ether oxygens (including phenoxy) is 1. The second kappa shape index (κ2) is 9.93. The molecule has 200 valence electrons. The molecule has 6 aromatic rings. The second-order valence-corrected chi connectivity index (χ2v) is 9.96. The zero-order chi connectivity index (χ0) is 28.0. The van der Waals surface area contributed by atoms with Crippen LogP contribution in [-0.4, -0.2) is 25.2 Å². The number of aromatic amines is 1. The van der Waals surface area contributed by atoms with Gasteiger partial charge in [0, 0.05) is 25.0 Å². The van der Waals surface area contributed by atoms with Crippen molar-refractivity contribution in [3.63, 3.8) is 0 Å². The Bertz CT molecular complexity index is 1940. The summed E-state index contributed by atoms with van der Waals surface area (Å²) in [5.41, 5.74) is 1.73. The molecule has 0 radical (unpaired) electrons. The number of rotatable bonds is 6. The van der Waals surface area contributed by atoms with Gasteiger partial charge in [0.25, 0.3) is 11.5 Å². The number of carbonyl (C=O) groups excluding carboxylic acids is 1. The molecule has 0 unspecified atom stereocenters. The molecule has 0 aliphatic heterocycles. The van der Waals surface area contributed by atoms with Crippen LogP contribution in [0.5, 0.6) is 11.5 Å². The van der Waals surface area contributed by atoms with Gasteiger partial charge in [0.1, 0.15) is 22.8 Å². The lowest BCUT2D eigenvalue weighted by Gasteiger charge is -2.10. The van der Waals surface area contributed by atoms with Crippen molar-refractivity contribution in [2.45, 2.75) is 6.92 Å². The fourth-order valence-electron chi connectivity index (χ4n) is 4.47. The molecule has 2 N–H and O–H groups in total. The van der Waals surface area contributed by atoms with Crippen LogP contribution >= 0.6 is 11.3 Å². The lowest BCUT2D eigenvalue weighted by molar-refractivity contribution is 0.102. The minimum Gasteiger partial charge on any atom is -0.453 e. The summed E-state index contributed by atoms with van der Waals surface area (Å²) in [5.74, 6) is -1.47. The second-order valence-electron chi connectivity index (χ2n) is 9.01. The van der Waals surface area contributed by atoms with Gasteiger partial charge in [0.2, 0.25) is 0 Å². The molecule has 4 aromatic heterocycles. The van der Waals surface area contributed by atoms with Crippen molar-refractivity contribution >= 4 is 34.0 Å². The molecule has 0 saturated carbocycles. The van der Waals surface area contributed by atoms with Gasteiger partial charge < -0.3 is 15.0 Å². The number of hydrogen-bond acceptors (Lipinski definition) is 5. The van der Waals surface area contributed by atoms with Gasteiger partial charge in [0.05, 0.1) is 27.3 Å². The monoisotopic (exact) mass is 557 g/mol. The first kappa shape index (κ1) is 25.3. The Hall–Kier alpha value is -5.03. The minimum atomic E-state index is -0.703. The number of anilines is 1. The quantitative estimate of drug-likeness (QED) is 0.247. The summed E-state index contributed by atoms with van der Waals surface area (Å²) in [6.45, 7) is 1.62. The summed E-state index contributed by atoms with van der Waals surface area (Å²) < 4.78 is 37.1. The first-order valence-electron chi connectivity index (χ1n) is 12.1. The molecule has 1 amide bonds. The van der Waals surface area contributed by atoms with E-state index in [-0.39, 0.29) is 17.0 Å². The van der Waals surface area contributed by atoms with E-state index in [0.717, 1.165) is 16.6 Å². The highest BCUT2D eigenvalue weighted by Crippen LogP contribution is 2.35. The summed E-state index contributed by atoms with van der Waals surface area (Å²) in [5, 5.41) is 5.25. The first-order chi connectivity index (χ1) is 19.3. The molecule has 6 rings (SSSR count). The molecule has 0 atom stereocenters.